The molecule has 0 aliphatic carbocycles. The predicted molar refractivity (Wildman–Crippen MR) is 53.6 cm³/mol. The summed E-state index contributed by atoms with van der Waals surface area (Å²) in [6.45, 7) is 1.90. The van der Waals surface area contributed by atoms with Gasteiger partial charge in [-0.3, -0.25) is 4.90 Å². The van der Waals surface area contributed by atoms with Gasteiger partial charge in [0.1, 0.15) is 5.75 Å². The third-order valence-electron chi connectivity index (χ3n) is 2.34. The zero-order valence-corrected chi connectivity index (χ0v) is 7.70. The zero-order chi connectivity index (χ0) is 9.26. The van der Waals surface area contributed by atoms with E-state index in [4.69, 9.17) is 0 Å². The molecular formula is C11H13NO. The van der Waals surface area contributed by atoms with Crippen LogP contribution in [-0.2, 0) is 0 Å². The maximum atomic E-state index is 9.60. The Hall–Kier alpha value is -1.28. The summed E-state index contributed by atoms with van der Waals surface area (Å²) in [5.74, 6) is 0.379. The lowest BCUT2D eigenvalue weighted by Crippen LogP contribution is -2.13. The molecule has 68 valence electrons. The largest absolute Gasteiger partial charge is 0.507 e. The Labute approximate surface area is 78.1 Å². The highest BCUT2D eigenvalue weighted by Gasteiger charge is 2.13. The van der Waals surface area contributed by atoms with E-state index in [2.05, 4.69) is 18.0 Å². The Kier molecular flexibility index (Phi) is 2.07. The number of benzene rings is 1. The highest BCUT2D eigenvalue weighted by Crippen LogP contribution is 2.27. The summed E-state index contributed by atoms with van der Waals surface area (Å²) in [7, 11) is 2.07. The van der Waals surface area contributed by atoms with Crippen LogP contribution in [0, 0.1) is 0 Å². The van der Waals surface area contributed by atoms with Crippen LogP contribution >= 0.6 is 0 Å². The number of aromatic hydroxyl groups is 1. The molecule has 13 heavy (non-hydrogen) atoms. The normalized spacial score (nSPS) is 17.5. The summed E-state index contributed by atoms with van der Waals surface area (Å²) in [5, 5.41) is 9.60. The Morgan fingerprint density at radius 3 is 2.69 bits per heavy atom. The van der Waals surface area contributed by atoms with E-state index in [1.54, 1.807) is 6.07 Å². The molecule has 0 fully saturated rings. The van der Waals surface area contributed by atoms with Gasteiger partial charge in [0.25, 0.3) is 0 Å². The number of likely N-dealkylation sites (N-methyl/N-ethyl adjacent to an activating group) is 1. The lowest BCUT2D eigenvalue weighted by atomic mass is 10.1. The second-order valence-electron chi connectivity index (χ2n) is 3.44. The van der Waals surface area contributed by atoms with Crippen molar-refractivity contribution in [2.75, 3.05) is 20.1 Å². The molecule has 0 saturated heterocycles. The molecule has 0 spiro atoms. The molecule has 1 N–H and O–H groups in total. The first-order valence-electron chi connectivity index (χ1n) is 4.43. The zero-order valence-electron chi connectivity index (χ0n) is 7.70. The molecule has 2 nitrogen and oxygen atoms in total. The van der Waals surface area contributed by atoms with Crippen LogP contribution in [0.4, 0.5) is 0 Å². The first kappa shape index (κ1) is 8.32. The minimum atomic E-state index is 0.379. The molecule has 2 heteroatoms. The number of rotatable bonds is 1. The van der Waals surface area contributed by atoms with Crippen molar-refractivity contribution in [2.24, 2.45) is 0 Å². The van der Waals surface area contributed by atoms with Gasteiger partial charge in [0.2, 0.25) is 0 Å². The van der Waals surface area contributed by atoms with Crippen LogP contribution in [0.15, 0.2) is 30.3 Å². The van der Waals surface area contributed by atoms with Crippen molar-refractivity contribution in [1.29, 1.82) is 0 Å². The van der Waals surface area contributed by atoms with Crippen LogP contribution in [0.5, 0.6) is 5.75 Å². The van der Waals surface area contributed by atoms with Gasteiger partial charge in [0.05, 0.1) is 0 Å². The molecule has 0 unspecified atom stereocenters. The van der Waals surface area contributed by atoms with Crippen molar-refractivity contribution >= 4 is 5.57 Å². The topological polar surface area (TPSA) is 23.5 Å². The monoisotopic (exact) mass is 175 g/mol. The standard InChI is InChI=1S/C11H13NO/c1-12-7-6-9(8-12)10-4-2-3-5-11(10)13/h2-6,13H,7-8H2,1H3. The fraction of sp³-hybridized carbons (Fsp3) is 0.273. The van der Waals surface area contributed by atoms with Gasteiger partial charge in [-0.15, -0.1) is 0 Å². The van der Waals surface area contributed by atoms with E-state index in [1.165, 1.54) is 5.57 Å². The maximum absolute atomic E-state index is 9.60. The average Bonchev–Trinajstić information content (AvgIpc) is 2.53. The quantitative estimate of drug-likeness (QED) is 0.702. The Morgan fingerprint density at radius 1 is 1.31 bits per heavy atom. The Morgan fingerprint density at radius 2 is 2.08 bits per heavy atom. The van der Waals surface area contributed by atoms with E-state index in [0.717, 1.165) is 18.7 Å². The molecule has 0 bridgehead atoms. The second kappa shape index (κ2) is 3.23. The van der Waals surface area contributed by atoms with Crippen molar-refractivity contribution in [1.82, 2.24) is 4.90 Å². The van der Waals surface area contributed by atoms with E-state index in [9.17, 15) is 5.11 Å². The van der Waals surface area contributed by atoms with Gasteiger partial charge in [0, 0.05) is 18.7 Å². The van der Waals surface area contributed by atoms with Gasteiger partial charge in [-0.2, -0.15) is 0 Å². The van der Waals surface area contributed by atoms with E-state index in [0.29, 0.717) is 5.75 Å². The molecule has 1 aliphatic heterocycles. The van der Waals surface area contributed by atoms with Gasteiger partial charge in [-0.1, -0.05) is 24.3 Å². The van der Waals surface area contributed by atoms with Crippen LogP contribution in [0.3, 0.4) is 0 Å². The average molecular weight is 175 g/mol. The molecule has 1 aliphatic rings. The van der Waals surface area contributed by atoms with E-state index in [1.807, 2.05) is 18.2 Å². The summed E-state index contributed by atoms with van der Waals surface area (Å²) in [5.41, 5.74) is 2.19. The number of hydrogen-bond acceptors (Lipinski definition) is 2. The van der Waals surface area contributed by atoms with Crippen molar-refractivity contribution in [3.63, 3.8) is 0 Å². The fourth-order valence-corrected chi connectivity index (χ4v) is 1.63. The van der Waals surface area contributed by atoms with Crippen LogP contribution in [-0.4, -0.2) is 30.1 Å². The molecule has 1 aromatic carbocycles. The second-order valence-corrected chi connectivity index (χ2v) is 3.44. The predicted octanol–water partition coefficient (Wildman–Crippen LogP) is 1.72. The fourth-order valence-electron chi connectivity index (χ4n) is 1.63. The summed E-state index contributed by atoms with van der Waals surface area (Å²) in [4.78, 5) is 2.21. The van der Waals surface area contributed by atoms with Crippen LogP contribution in [0.2, 0.25) is 0 Å². The lowest BCUT2D eigenvalue weighted by molar-refractivity contribution is 0.437. The summed E-state index contributed by atoms with van der Waals surface area (Å²) in [6.07, 6.45) is 2.16. The van der Waals surface area contributed by atoms with Crippen molar-refractivity contribution < 1.29 is 5.11 Å². The number of hydrogen-bond donors (Lipinski definition) is 1. The van der Waals surface area contributed by atoms with Crippen molar-refractivity contribution in [3.05, 3.63) is 35.9 Å². The molecular weight excluding hydrogens is 162 g/mol. The minimum absolute atomic E-state index is 0.379. The molecule has 0 saturated carbocycles. The summed E-state index contributed by atoms with van der Waals surface area (Å²) >= 11 is 0. The van der Waals surface area contributed by atoms with E-state index in [-0.39, 0.29) is 0 Å². The Bertz CT molecular complexity index is 344. The molecule has 2 rings (SSSR count). The van der Waals surface area contributed by atoms with Crippen LogP contribution in [0.25, 0.3) is 5.57 Å². The molecule has 1 heterocycles. The highest BCUT2D eigenvalue weighted by atomic mass is 16.3. The van der Waals surface area contributed by atoms with Gasteiger partial charge < -0.3 is 5.11 Å². The third kappa shape index (κ3) is 1.58. The lowest BCUT2D eigenvalue weighted by Gasteiger charge is -2.08. The minimum Gasteiger partial charge on any atom is -0.507 e. The number of phenols is 1. The highest BCUT2D eigenvalue weighted by molar-refractivity contribution is 5.72. The molecule has 0 aromatic heterocycles. The first-order valence-corrected chi connectivity index (χ1v) is 4.43. The van der Waals surface area contributed by atoms with Crippen molar-refractivity contribution in [2.45, 2.75) is 0 Å². The molecule has 0 amide bonds. The maximum Gasteiger partial charge on any atom is 0.123 e. The summed E-state index contributed by atoms with van der Waals surface area (Å²) < 4.78 is 0. The van der Waals surface area contributed by atoms with E-state index < -0.39 is 0 Å². The molecule has 0 radical (unpaired) electrons. The third-order valence-corrected chi connectivity index (χ3v) is 2.34. The Balaban J connectivity index is 2.31. The first-order chi connectivity index (χ1) is 6.27. The van der Waals surface area contributed by atoms with Crippen LogP contribution in [0.1, 0.15) is 5.56 Å². The van der Waals surface area contributed by atoms with Gasteiger partial charge in [0.15, 0.2) is 0 Å². The molecule has 0 atom stereocenters. The molecule has 1 aromatic rings. The van der Waals surface area contributed by atoms with Crippen molar-refractivity contribution in [3.8, 4) is 5.75 Å². The number of nitrogens with zero attached hydrogens (tertiary/aromatic N) is 1. The van der Waals surface area contributed by atoms with Gasteiger partial charge in [-0.05, 0) is 18.7 Å². The van der Waals surface area contributed by atoms with Gasteiger partial charge in [-0.25, -0.2) is 0 Å². The number of para-hydroxylation sites is 1. The van der Waals surface area contributed by atoms with Crippen LogP contribution < -0.4 is 0 Å². The van der Waals surface area contributed by atoms with Gasteiger partial charge >= 0.3 is 0 Å². The smallest absolute Gasteiger partial charge is 0.123 e. The number of phenolic OH excluding ortho intramolecular Hbond substituents is 1. The summed E-state index contributed by atoms with van der Waals surface area (Å²) in [6, 6.07) is 7.49. The SMILES string of the molecule is CN1CC=C(c2ccccc2O)C1. The van der Waals surface area contributed by atoms with E-state index >= 15 is 0 Å².